The highest BCUT2D eigenvalue weighted by molar-refractivity contribution is 5.95. The summed E-state index contributed by atoms with van der Waals surface area (Å²) in [5, 5.41) is 11.5. The molecule has 1 saturated carbocycles. The number of fused-ring (bicyclic) bond motifs is 1. The Labute approximate surface area is 213 Å². The topological polar surface area (TPSA) is 102 Å². The number of aryl methyl sites for hydroxylation is 2. The maximum Gasteiger partial charge on any atom is 0.229 e. The van der Waals surface area contributed by atoms with Gasteiger partial charge >= 0.3 is 0 Å². The van der Waals surface area contributed by atoms with E-state index in [0.717, 1.165) is 25.1 Å². The molecule has 0 bridgehead atoms. The molecule has 1 aliphatic carbocycles. The maximum atomic E-state index is 15.2. The second-order valence-electron chi connectivity index (χ2n) is 9.85. The van der Waals surface area contributed by atoms with Crippen LogP contribution in [0.4, 0.5) is 10.2 Å². The number of nitrogens with one attached hydrogen (secondary N) is 1. The second-order valence-corrected chi connectivity index (χ2v) is 9.85. The Morgan fingerprint density at radius 2 is 2.05 bits per heavy atom. The van der Waals surface area contributed by atoms with E-state index in [2.05, 4.69) is 37.3 Å². The highest BCUT2D eigenvalue weighted by Gasteiger charge is 2.46. The predicted octanol–water partition coefficient (Wildman–Crippen LogP) is 3.19. The lowest BCUT2D eigenvalue weighted by Gasteiger charge is -2.39. The summed E-state index contributed by atoms with van der Waals surface area (Å²) in [6.07, 6.45) is 8.24. The molecule has 6 rings (SSSR count). The van der Waals surface area contributed by atoms with Crippen LogP contribution in [-0.4, -0.2) is 65.9 Å². The number of likely N-dealkylation sites (N-methyl/N-ethyl adjacent to an activating group) is 1. The van der Waals surface area contributed by atoms with Crippen LogP contribution in [0.15, 0.2) is 36.9 Å². The standard InChI is InChI=1S/C26H29FN8O2/c1-4-34-6-5-16(34)14-37-22-12-30-33(3)24(22)20-7-17-8-23(32-35(17)13-21(20)27)31-26(36)19-9-18(19)25-28-10-15(2)11-29-25/h7-8,10-13,16,18-19H,4-6,9,14H2,1-3H3,(H,31,32,36)/t16-,18-,19+/m1/s1. The summed E-state index contributed by atoms with van der Waals surface area (Å²) >= 11 is 0. The van der Waals surface area contributed by atoms with Gasteiger partial charge in [-0.3, -0.25) is 14.4 Å². The summed E-state index contributed by atoms with van der Waals surface area (Å²) in [6.45, 7) is 6.66. The van der Waals surface area contributed by atoms with E-state index in [9.17, 15) is 4.79 Å². The first-order valence-electron chi connectivity index (χ1n) is 12.6. The average molecular weight is 505 g/mol. The average Bonchev–Trinajstić information content (AvgIpc) is 3.45. The molecule has 0 unspecified atom stereocenters. The molecule has 3 atom stereocenters. The molecule has 0 spiro atoms. The van der Waals surface area contributed by atoms with Gasteiger partial charge in [0.1, 0.15) is 18.1 Å². The SMILES string of the molecule is CCN1CC[C@@H]1COc1cnn(C)c1-c1cc2cc(NC(=O)[C@H]3C[C@H]3c3ncc(C)cn3)nn2cc1F. The normalized spacial score (nSPS) is 21.1. The summed E-state index contributed by atoms with van der Waals surface area (Å²) in [5.74, 6) is 0.796. The Balaban J connectivity index is 1.19. The van der Waals surface area contributed by atoms with E-state index in [4.69, 9.17) is 4.74 Å². The van der Waals surface area contributed by atoms with Crippen molar-refractivity contribution in [2.45, 2.75) is 38.6 Å². The van der Waals surface area contributed by atoms with E-state index in [-0.39, 0.29) is 17.7 Å². The summed E-state index contributed by atoms with van der Waals surface area (Å²) in [4.78, 5) is 23.8. The molecule has 192 valence electrons. The minimum Gasteiger partial charge on any atom is -0.488 e. The molecular weight excluding hydrogens is 475 g/mol. The Hall–Kier alpha value is -3.86. The van der Waals surface area contributed by atoms with Crippen LogP contribution in [0.5, 0.6) is 5.75 Å². The zero-order valence-corrected chi connectivity index (χ0v) is 21.1. The first-order valence-corrected chi connectivity index (χ1v) is 12.6. The number of aromatic nitrogens is 6. The Morgan fingerprint density at radius 1 is 1.24 bits per heavy atom. The third-order valence-corrected chi connectivity index (χ3v) is 7.32. The van der Waals surface area contributed by atoms with Crippen molar-refractivity contribution < 1.29 is 13.9 Å². The monoisotopic (exact) mass is 504 g/mol. The minimum atomic E-state index is -0.459. The lowest BCUT2D eigenvalue weighted by Crippen LogP contribution is -2.50. The quantitative estimate of drug-likeness (QED) is 0.393. The highest BCUT2D eigenvalue weighted by Crippen LogP contribution is 2.46. The first-order chi connectivity index (χ1) is 17.9. The molecule has 1 aliphatic heterocycles. The number of carbonyl (C=O) groups excluding carboxylic acids is 1. The molecule has 2 fully saturated rings. The van der Waals surface area contributed by atoms with Gasteiger partial charge in [0.15, 0.2) is 17.4 Å². The van der Waals surface area contributed by atoms with Gasteiger partial charge in [0.2, 0.25) is 5.91 Å². The number of hydrogen-bond donors (Lipinski definition) is 1. The van der Waals surface area contributed by atoms with Crippen molar-refractivity contribution in [3.05, 3.63) is 54.1 Å². The van der Waals surface area contributed by atoms with Crippen LogP contribution in [0.3, 0.4) is 0 Å². The number of anilines is 1. The third kappa shape index (κ3) is 4.43. The fourth-order valence-electron chi connectivity index (χ4n) is 4.95. The number of amides is 1. The molecule has 5 heterocycles. The molecule has 0 radical (unpaired) electrons. The fourth-order valence-corrected chi connectivity index (χ4v) is 4.95. The van der Waals surface area contributed by atoms with E-state index in [1.54, 1.807) is 42.5 Å². The molecular formula is C26H29FN8O2. The van der Waals surface area contributed by atoms with Crippen molar-refractivity contribution in [1.82, 2.24) is 34.3 Å². The number of hydrogen-bond acceptors (Lipinski definition) is 7. The molecule has 37 heavy (non-hydrogen) atoms. The summed E-state index contributed by atoms with van der Waals surface area (Å²) in [5.41, 5.74) is 2.55. The maximum absolute atomic E-state index is 15.2. The van der Waals surface area contributed by atoms with Crippen molar-refractivity contribution >= 4 is 17.2 Å². The van der Waals surface area contributed by atoms with E-state index in [1.807, 2.05) is 6.92 Å². The zero-order valence-electron chi connectivity index (χ0n) is 21.1. The van der Waals surface area contributed by atoms with Crippen molar-refractivity contribution in [3.8, 4) is 17.0 Å². The zero-order chi connectivity index (χ0) is 25.7. The van der Waals surface area contributed by atoms with Gasteiger partial charge in [0.05, 0.1) is 17.9 Å². The van der Waals surface area contributed by atoms with Crippen LogP contribution in [0.2, 0.25) is 0 Å². The van der Waals surface area contributed by atoms with Gasteiger partial charge in [0, 0.05) is 55.5 Å². The predicted molar refractivity (Wildman–Crippen MR) is 135 cm³/mol. The Morgan fingerprint density at radius 3 is 2.78 bits per heavy atom. The summed E-state index contributed by atoms with van der Waals surface area (Å²) < 4.78 is 24.4. The molecule has 11 heteroatoms. The number of likely N-dealkylation sites (tertiary alicyclic amines) is 1. The molecule has 4 aromatic rings. The van der Waals surface area contributed by atoms with Crippen LogP contribution >= 0.6 is 0 Å². The number of carbonyl (C=O) groups is 1. The van der Waals surface area contributed by atoms with E-state index < -0.39 is 5.82 Å². The smallest absolute Gasteiger partial charge is 0.229 e. The first kappa shape index (κ1) is 23.5. The van der Waals surface area contributed by atoms with Gasteiger partial charge < -0.3 is 10.1 Å². The second kappa shape index (κ2) is 9.22. The largest absolute Gasteiger partial charge is 0.488 e. The van der Waals surface area contributed by atoms with Gasteiger partial charge in [-0.25, -0.2) is 18.9 Å². The number of halogens is 1. The van der Waals surface area contributed by atoms with E-state index >= 15 is 4.39 Å². The highest BCUT2D eigenvalue weighted by atomic mass is 19.1. The van der Waals surface area contributed by atoms with Gasteiger partial charge in [-0.05, 0) is 37.9 Å². The van der Waals surface area contributed by atoms with Crippen molar-refractivity contribution in [3.63, 3.8) is 0 Å². The Kier molecular flexibility index (Phi) is 5.86. The minimum absolute atomic E-state index is 0.00859. The molecule has 1 N–H and O–H groups in total. The molecule has 2 aliphatic rings. The molecule has 4 aromatic heterocycles. The van der Waals surface area contributed by atoms with Gasteiger partial charge in [-0.1, -0.05) is 6.92 Å². The summed E-state index contributed by atoms with van der Waals surface area (Å²) in [7, 11) is 1.76. The number of ether oxygens (including phenoxy) is 1. The van der Waals surface area contributed by atoms with Crippen LogP contribution < -0.4 is 10.1 Å². The fraction of sp³-hybridized carbons (Fsp3) is 0.423. The molecule has 10 nitrogen and oxygen atoms in total. The number of nitrogens with zero attached hydrogens (tertiary/aromatic N) is 7. The van der Waals surface area contributed by atoms with Crippen LogP contribution in [0.25, 0.3) is 16.8 Å². The molecule has 1 amide bonds. The summed E-state index contributed by atoms with van der Waals surface area (Å²) in [6, 6.07) is 3.80. The van der Waals surface area contributed by atoms with Gasteiger partial charge in [0.25, 0.3) is 0 Å². The third-order valence-electron chi connectivity index (χ3n) is 7.32. The van der Waals surface area contributed by atoms with Gasteiger partial charge in [-0.2, -0.15) is 5.10 Å². The van der Waals surface area contributed by atoms with Gasteiger partial charge in [-0.15, -0.1) is 5.10 Å². The van der Waals surface area contributed by atoms with E-state index in [0.29, 0.717) is 53.2 Å². The molecule has 0 aromatic carbocycles. The van der Waals surface area contributed by atoms with Crippen LogP contribution in [0.1, 0.15) is 37.1 Å². The Bertz CT molecular complexity index is 1460. The van der Waals surface area contributed by atoms with Crippen LogP contribution in [-0.2, 0) is 11.8 Å². The van der Waals surface area contributed by atoms with Crippen molar-refractivity contribution in [2.24, 2.45) is 13.0 Å². The molecule has 1 saturated heterocycles. The van der Waals surface area contributed by atoms with Crippen LogP contribution in [0, 0.1) is 18.7 Å². The number of rotatable bonds is 8. The lowest BCUT2D eigenvalue weighted by molar-refractivity contribution is -0.117. The lowest BCUT2D eigenvalue weighted by atomic mass is 10.0. The van der Waals surface area contributed by atoms with E-state index in [1.165, 1.54) is 10.7 Å². The van der Waals surface area contributed by atoms with Crippen molar-refractivity contribution in [1.29, 1.82) is 0 Å². The van der Waals surface area contributed by atoms with Crippen molar-refractivity contribution in [2.75, 3.05) is 25.0 Å². The number of pyridine rings is 1.